The maximum Gasteiger partial charge on any atom is 0.263 e. The molecular formula is C23H25Cl2NOSi. The minimum Gasteiger partial charge on any atom is -0.388 e. The van der Waals surface area contributed by atoms with Crippen molar-refractivity contribution in [1.82, 2.24) is 0 Å². The molecule has 146 valence electrons. The number of halogens is 2. The lowest BCUT2D eigenvalue weighted by molar-refractivity contribution is 0.198. The van der Waals surface area contributed by atoms with E-state index >= 15 is 0 Å². The van der Waals surface area contributed by atoms with Crippen LogP contribution in [0.4, 0.5) is 0 Å². The zero-order chi connectivity index (χ0) is 20.4. The molecule has 3 aromatic rings. The number of rotatable bonds is 5. The monoisotopic (exact) mass is 429 g/mol. The highest BCUT2D eigenvalue weighted by Gasteiger charge is 2.51. The molecule has 0 aliphatic carbocycles. The third kappa shape index (κ3) is 4.05. The average molecular weight is 430 g/mol. The molecule has 0 aromatic heterocycles. The molecule has 0 spiro atoms. The van der Waals surface area contributed by atoms with Gasteiger partial charge in [-0.1, -0.05) is 111 Å². The van der Waals surface area contributed by atoms with Crippen LogP contribution in [0.2, 0.25) is 15.1 Å². The van der Waals surface area contributed by atoms with E-state index in [0.29, 0.717) is 10.0 Å². The number of nitrogens with two attached hydrogens (primary N) is 1. The third-order valence-corrected chi connectivity index (χ3v) is 10.6. The van der Waals surface area contributed by atoms with Gasteiger partial charge < -0.3 is 10.2 Å². The summed E-state index contributed by atoms with van der Waals surface area (Å²) in [7, 11) is -2.75. The lowest BCUT2D eigenvalue weighted by atomic mass is 10.2. The minimum atomic E-state index is -2.75. The maximum atomic E-state index is 6.87. The van der Waals surface area contributed by atoms with E-state index in [9.17, 15) is 0 Å². The quantitative estimate of drug-likeness (QED) is 0.427. The Labute approximate surface area is 178 Å². The number of hydrogen-bond acceptors (Lipinski definition) is 2. The van der Waals surface area contributed by atoms with Gasteiger partial charge in [0.05, 0.1) is 0 Å². The predicted octanol–water partition coefficient (Wildman–Crippen LogP) is 5.53. The summed E-state index contributed by atoms with van der Waals surface area (Å²) in [5.74, 6) is 0. The van der Waals surface area contributed by atoms with Crippen LogP contribution in [0.3, 0.4) is 0 Å². The molecule has 0 fully saturated rings. The number of benzene rings is 3. The molecular weight excluding hydrogens is 405 g/mol. The maximum absolute atomic E-state index is 6.87. The van der Waals surface area contributed by atoms with Gasteiger partial charge in [0.1, 0.15) is 6.23 Å². The Hall–Kier alpha value is -1.62. The van der Waals surface area contributed by atoms with Crippen molar-refractivity contribution in [3.05, 3.63) is 94.5 Å². The van der Waals surface area contributed by atoms with E-state index in [0.717, 1.165) is 5.56 Å². The molecule has 2 nitrogen and oxygen atoms in total. The van der Waals surface area contributed by atoms with E-state index in [2.05, 4.69) is 69.3 Å². The van der Waals surface area contributed by atoms with Crippen molar-refractivity contribution in [2.24, 2.45) is 5.73 Å². The summed E-state index contributed by atoms with van der Waals surface area (Å²) in [5.41, 5.74) is 7.32. The predicted molar refractivity (Wildman–Crippen MR) is 122 cm³/mol. The van der Waals surface area contributed by atoms with Gasteiger partial charge in [-0.05, 0) is 27.5 Å². The van der Waals surface area contributed by atoms with Gasteiger partial charge in [0.2, 0.25) is 0 Å². The van der Waals surface area contributed by atoms with E-state index in [1.54, 1.807) is 12.1 Å². The van der Waals surface area contributed by atoms with Crippen LogP contribution in [0.15, 0.2) is 78.9 Å². The molecule has 0 saturated heterocycles. The lowest BCUT2D eigenvalue weighted by Crippen LogP contribution is -2.67. The van der Waals surface area contributed by atoms with E-state index in [-0.39, 0.29) is 5.04 Å². The van der Waals surface area contributed by atoms with Gasteiger partial charge in [0.15, 0.2) is 0 Å². The van der Waals surface area contributed by atoms with E-state index in [1.165, 1.54) is 10.4 Å². The van der Waals surface area contributed by atoms with Gasteiger partial charge in [0, 0.05) is 15.6 Å². The van der Waals surface area contributed by atoms with Crippen LogP contribution in [0, 0.1) is 0 Å². The molecule has 3 aromatic carbocycles. The fourth-order valence-corrected chi connectivity index (χ4v) is 8.72. The summed E-state index contributed by atoms with van der Waals surface area (Å²) in [6, 6.07) is 26.1. The highest BCUT2D eigenvalue weighted by molar-refractivity contribution is 6.99. The van der Waals surface area contributed by atoms with E-state index < -0.39 is 14.5 Å². The van der Waals surface area contributed by atoms with Crippen molar-refractivity contribution in [2.45, 2.75) is 32.0 Å². The Morgan fingerprint density at radius 3 is 1.75 bits per heavy atom. The van der Waals surface area contributed by atoms with Crippen molar-refractivity contribution in [3.63, 3.8) is 0 Å². The first-order valence-electron chi connectivity index (χ1n) is 9.25. The Balaban J connectivity index is 2.18. The lowest BCUT2D eigenvalue weighted by Gasteiger charge is -2.44. The normalized spacial score (nSPS) is 13.4. The highest BCUT2D eigenvalue weighted by atomic mass is 35.5. The first kappa shape index (κ1) is 21.1. The second-order valence-corrected chi connectivity index (χ2v) is 13.0. The molecule has 0 aliphatic heterocycles. The molecule has 0 amide bonds. The largest absolute Gasteiger partial charge is 0.388 e. The number of hydrogen-bond donors (Lipinski definition) is 1. The summed E-state index contributed by atoms with van der Waals surface area (Å²) >= 11 is 12.5. The van der Waals surface area contributed by atoms with Crippen molar-refractivity contribution < 1.29 is 4.43 Å². The molecule has 2 N–H and O–H groups in total. The molecule has 1 unspecified atom stereocenters. The molecule has 0 heterocycles. The zero-order valence-corrected chi connectivity index (χ0v) is 18.8. The Kier molecular flexibility index (Phi) is 6.33. The van der Waals surface area contributed by atoms with E-state index in [1.807, 2.05) is 18.2 Å². The van der Waals surface area contributed by atoms with Gasteiger partial charge in [-0.3, -0.25) is 0 Å². The second-order valence-electron chi connectivity index (χ2n) is 7.87. The molecule has 0 radical (unpaired) electrons. The standard InChI is InChI=1S/C23H25Cl2NOSi/c1-23(2,3)28(18-10-6-4-7-11-18,19-12-8-5-9-13-19)27-22(26)20-15-14-17(24)16-21(20)25/h4-16,22H,26H2,1-3H3. The molecule has 5 heteroatoms. The highest BCUT2D eigenvalue weighted by Crippen LogP contribution is 2.39. The molecule has 28 heavy (non-hydrogen) atoms. The van der Waals surface area contributed by atoms with E-state index in [4.69, 9.17) is 33.4 Å². The van der Waals surface area contributed by atoms with Crippen molar-refractivity contribution in [2.75, 3.05) is 0 Å². The molecule has 0 bridgehead atoms. The Bertz CT molecular complexity index is 887. The van der Waals surface area contributed by atoms with Crippen LogP contribution in [0.25, 0.3) is 0 Å². The van der Waals surface area contributed by atoms with Crippen LogP contribution in [-0.4, -0.2) is 8.32 Å². The van der Waals surface area contributed by atoms with Crippen LogP contribution in [0.1, 0.15) is 32.6 Å². The fraction of sp³-hybridized carbons (Fsp3) is 0.217. The Morgan fingerprint density at radius 2 is 1.32 bits per heavy atom. The smallest absolute Gasteiger partial charge is 0.263 e. The van der Waals surface area contributed by atoms with Gasteiger partial charge in [-0.25, -0.2) is 0 Å². The van der Waals surface area contributed by atoms with Gasteiger partial charge in [-0.2, -0.15) is 0 Å². The third-order valence-electron chi connectivity index (χ3n) is 4.99. The summed E-state index contributed by atoms with van der Waals surface area (Å²) in [6.07, 6.45) is -0.670. The first-order chi connectivity index (χ1) is 13.3. The van der Waals surface area contributed by atoms with Crippen LogP contribution in [0.5, 0.6) is 0 Å². The average Bonchev–Trinajstić information content (AvgIpc) is 2.66. The van der Waals surface area contributed by atoms with Gasteiger partial charge in [-0.15, -0.1) is 0 Å². The minimum absolute atomic E-state index is 0.160. The molecule has 1 atom stereocenters. The van der Waals surface area contributed by atoms with Crippen molar-refractivity contribution in [1.29, 1.82) is 0 Å². The SMILES string of the molecule is CC(C)(C)[Si](OC(N)c1ccc(Cl)cc1Cl)(c1ccccc1)c1ccccc1. The topological polar surface area (TPSA) is 35.2 Å². The van der Waals surface area contributed by atoms with Crippen molar-refractivity contribution >= 4 is 41.9 Å². The zero-order valence-electron chi connectivity index (χ0n) is 16.3. The first-order valence-corrected chi connectivity index (χ1v) is 11.9. The fourth-order valence-electron chi connectivity index (χ4n) is 3.68. The van der Waals surface area contributed by atoms with Crippen LogP contribution >= 0.6 is 23.2 Å². The summed E-state index contributed by atoms with van der Waals surface area (Å²) < 4.78 is 6.87. The summed E-state index contributed by atoms with van der Waals surface area (Å²) in [5, 5.41) is 3.28. The molecule has 0 aliphatic rings. The molecule has 3 rings (SSSR count). The Morgan fingerprint density at radius 1 is 0.821 bits per heavy atom. The molecule has 0 saturated carbocycles. The van der Waals surface area contributed by atoms with Crippen molar-refractivity contribution in [3.8, 4) is 0 Å². The summed E-state index contributed by atoms with van der Waals surface area (Å²) in [4.78, 5) is 0. The second kappa shape index (κ2) is 8.40. The van der Waals surface area contributed by atoms with Crippen LogP contribution < -0.4 is 16.1 Å². The van der Waals surface area contributed by atoms with Gasteiger partial charge >= 0.3 is 0 Å². The van der Waals surface area contributed by atoms with Gasteiger partial charge in [0.25, 0.3) is 8.32 Å². The van der Waals surface area contributed by atoms with Crippen LogP contribution in [-0.2, 0) is 4.43 Å². The summed E-state index contributed by atoms with van der Waals surface area (Å²) in [6.45, 7) is 6.65.